The van der Waals surface area contributed by atoms with Crippen LogP contribution in [-0.2, 0) is 9.47 Å². The van der Waals surface area contributed by atoms with Crippen LogP contribution in [0.5, 0.6) is 0 Å². The molecular formula is C15H29NO2. The van der Waals surface area contributed by atoms with Crippen molar-refractivity contribution in [1.82, 2.24) is 5.32 Å². The summed E-state index contributed by atoms with van der Waals surface area (Å²) in [4.78, 5) is 0. The second-order valence-corrected chi connectivity index (χ2v) is 5.94. The van der Waals surface area contributed by atoms with Crippen molar-refractivity contribution in [2.24, 2.45) is 0 Å². The highest BCUT2D eigenvalue weighted by Crippen LogP contribution is 2.39. The summed E-state index contributed by atoms with van der Waals surface area (Å²) in [6, 6.07) is 0.694. The molecule has 106 valence electrons. The predicted molar refractivity (Wildman–Crippen MR) is 73.9 cm³/mol. The molecule has 3 heteroatoms. The molecule has 1 saturated heterocycles. The van der Waals surface area contributed by atoms with Crippen molar-refractivity contribution < 1.29 is 9.47 Å². The summed E-state index contributed by atoms with van der Waals surface area (Å²) in [5.74, 6) is 0. The largest absolute Gasteiger partial charge is 0.385 e. The average molecular weight is 255 g/mol. The molecule has 1 spiro atoms. The lowest BCUT2D eigenvalue weighted by molar-refractivity contribution is -0.0835. The number of nitrogens with one attached hydrogen (secondary N) is 1. The van der Waals surface area contributed by atoms with E-state index in [-0.39, 0.29) is 5.60 Å². The highest BCUT2D eigenvalue weighted by molar-refractivity contribution is 4.93. The van der Waals surface area contributed by atoms with E-state index in [0.29, 0.717) is 6.04 Å². The van der Waals surface area contributed by atoms with Crippen molar-refractivity contribution in [2.75, 3.05) is 26.9 Å². The Kier molecular flexibility index (Phi) is 5.93. The van der Waals surface area contributed by atoms with E-state index in [4.69, 9.17) is 9.47 Å². The van der Waals surface area contributed by atoms with Crippen LogP contribution in [0.1, 0.15) is 57.8 Å². The second kappa shape index (κ2) is 7.46. The Morgan fingerprint density at radius 3 is 2.83 bits per heavy atom. The van der Waals surface area contributed by atoms with Gasteiger partial charge in [-0.25, -0.2) is 0 Å². The van der Waals surface area contributed by atoms with Crippen molar-refractivity contribution >= 4 is 0 Å². The minimum Gasteiger partial charge on any atom is -0.385 e. The van der Waals surface area contributed by atoms with Crippen molar-refractivity contribution in [3.63, 3.8) is 0 Å². The maximum absolute atomic E-state index is 6.06. The molecule has 18 heavy (non-hydrogen) atoms. The lowest BCUT2D eigenvalue weighted by Crippen LogP contribution is -2.45. The molecular weight excluding hydrogens is 226 g/mol. The first-order valence-electron chi connectivity index (χ1n) is 7.71. The Labute approximate surface area is 112 Å². The number of hydrogen-bond acceptors (Lipinski definition) is 3. The molecule has 1 heterocycles. The van der Waals surface area contributed by atoms with Crippen LogP contribution in [0.2, 0.25) is 0 Å². The van der Waals surface area contributed by atoms with Gasteiger partial charge < -0.3 is 14.8 Å². The predicted octanol–water partition coefficient (Wildman–Crippen LogP) is 2.88. The fourth-order valence-corrected chi connectivity index (χ4v) is 3.42. The Balaban J connectivity index is 1.58. The minimum absolute atomic E-state index is 0.256. The fraction of sp³-hybridized carbons (Fsp3) is 1.00. The number of unbranched alkanes of at least 4 members (excludes halogenated alkanes) is 2. The van der Waals surface area contributed by atoms with Crippen LogP contribution in [0.3, 0.4) is 0 Å². The van der Waals surface area contributed by atoms with Gasteiger partial charge in [0.15, 0.2) is 0 Å². The van der Waals surface area contributed by atoms with E-state index in [1.807, 2.05) is 0 Å². The van der Waals surface area contributed by atoms with Crippen LogP contribution in [0, 0.1) is 0 Å². The third-order valence-corrected chi connectivity index (χ3v) is 4.47. The lowest BCUT2D eigenvalue weighted by atomic mass is 9.89. The zero-order valence-electron chi connectivity index (χ0n) is 11.9. The Hall–Kier alpha value is -0.120. The molecule has 0 aromatic heterocycles. The maximum Gasteiger partial charge on any atom is 0.0697 e. The summed E-state index contributed by atoms with van der Waals surface area (Å²) in [6.07, 6.45) is 11.5. The highest BCUT2D eigenvalue weighted by atomic mass is 16.5. The molecule has 1 unspecified atom stereocenters. The fourth-order valence-electron chi connectivity index (χ4n) is 3.42. The summed E-state index contributed by atoms with van der Waals surface area (Å²) in [7, 11) is 1.78. The van der Waals surface area contributed by atoms with E-state index >= 15 is 0 Å². The van der Waals surface area contributed by atoms with Gasteiger partial charge in [0.25, 0.3) is 0 Å². The molecule has 0 aromatic rings. The Morgan fingerprint density at radius 2 is 2.06 bits per heavy atom. The SMILES string of the molecule is COCCCCCNC1CCOC2(CCCC2)C1. The Bertz CT molecular complexity index is 227. The second-order valence-electron chi connectivity index (χ2n) is 5.94. The first-order valence-corrected chi connectivity index (χ1v) is 7.71. The summed E-state index contributed by atoms with van der Waals surface area (Å²) in [6.45, 7) is 3.02. The molecule has 1 saturated carbocycles. The van der Waals surface area contributed by atoms with Crippen LogP contribution in [0.25, 0.3) is 0 Å². The van der Waals surface area contributed by atoms with Gasteiger partial charge in [-0.3, -0.25) is 0 Å². The highest BCUT2D eigenvalue weighted by Gasteiger charge is 2.39. The van der Waals surface area contributed by atoms with Gasteiger partial charge >= 0.3 is 0 Å². The van der Waals surface area contributed by atoms with Crippen LogP contribution >= 0.6 is 0 Å². The van der Waals surface area contributed by atoms with Crippen LogP contribution in [0.15, 0.2) is 0 Å². The molecule has 0 aromatic carbocycles. The van der Waals surface area contributed by atoms with E-state index in [1.165, 1.54) is 57.8 Å². The summed E-state index contributed by atoms with van der Waals surface area (Å²) >= 11 is 0. The van der Waals surface area contributed by atoms with Gasteiger partial charge in [-0.15, -0.1) is 0 Å². The van der Waals surface area contributed by atoms with E-state index in [0.717, 1.165) is 19.8 Å². The quantitative estimate of drug-likeness (QED) is 0.710. The molecule has 1 atom stereocenters. The normalized spacial score (nSPS) is 26.8. The van der Waals surface area contributed by atoms with E-state index < -0.39 is 0 Å². The van der Waals surface area contributed by atoms with E-state index in [2.05, 4.69) is 5.32 Å². The van der Waals surface area contributed by atoms with Crippen molar-refractivity contribution in [3.05, 3.63) is 0 Å². The van der Waals surface area contributed by atoms with E-state index in [9.17, 15) is 0 Å². The molecule has 2 fully saturated rings. The number of ether oxygens (including phenoxy) is 2. The van der Waals surface area contributed by atoms with Crippen LogP contribution in [-0.4, -0.2) is 38.5 Å². The smallest absolute Gasteiger partial charge is 0.0697 e. The average Bonchev–Trinajstić information content (AvgIpc) is 2.82. The molecule has 2 aliphatic rings. The molecule has 0 amide bonds. The van der Waals surface area contributed by atoms with E-state index in [1.54, 1.807) is 7.11 Å². The lowest BCUT2D eigenvalue weighted by Gasteiger charge is -2.38. The van der Waals surface area contributed by atoms with Crippen molar-refractivity contribution in [1.29, 1.82) is 0 Å². The molecule has 1 N–H and O–H groups in total. The minimum atomic E-state index is 0.256. The number of hydrogen-bond donors (Lipinski definition) is 1. The van der Waals surface area contributed by atoms with Gasteiger partial charge in [0.1, 0.15) is 0 Å². The van der Waals surface area contributed by atoms with Crippen LogP contribution in [0.4, 0.5) is 0 Å². The molecule has 0 bridgehead atoms. The number of rotatable bonds is 7. The van der Waals surface area contributed by atoms with Crippen molar-refractivity contribution in [3.8, 4) is 0 Å². The molecule has 3 nitrogen and oxygen atoms in total. The topological polar surface area (TPSA) is 30.5 Å². The summed E-state index contributed by atoms with van der Waals surface area (Å²) in [5.41, 5.74) is 0.256. The Morgan fingerprint density at radius 1 is 1.22 bits per heavy atom. The number of methoxy groups -OCH3 is 1. The maximum atomic E-state index is 6.06. The molecule has 1 aliphatic carbocycles. The first-order chi connectivity index (χ1) is 8.85. The monoisotopic (exact) mass is 255 g/mol. The van der Waals surface area contributed by atoms with Crippen molar-refractivity contribution in [2.45, 2.75) is 69.4 Å². The van der Waals surface area contributed by atoms with Gasteiger partial charge in [-0.05, 0) is 51.5 Å². The third kappa shape index (κ3) is 4.22. The van der Waals surface area contributed by atoms with Gasteiger partial charge in [-0.2, -0.15) is 0 Å². The summed E-state index contributed by atoms with van der Waals surface area (Å²) < 4.78 is 11.1. The molecule has 0 radical (unpaired) electrons. The van der Waals surface area contributed by atoms with Gasteiger partial charge in [0.2, 0.25) is 0 Å². The standard InChI is InChI=1S/C15H29NO2/c1-17-11-6-2-5-10-16-14-7-12-18-15(13-14)8-3-4-9-15/h14,16H,2-13H2,1H3. The van der Waals surface area contributed by atoms with Crippen LogP contribution < -0.4 is 5.32 Å². The molecule has 1 aliphatic heterocycles. The first kappa shape index (κ1) is 14.3. The zero-order valence-corrected chi connectivity index (χ0v) is 11.9. The summed E-state index contributed by atoms with van der Waals surface area (Å²) in [5, 5.41) is 3.73. The third-order valence-electron chi connectivity index (χ3n) is 4.47. The van der Waals surface area contributed by atoms with Gasteiger partial charge in [0.05, 0.1) is 5.60 Å². The van der Waals surface area contributed by atoms with Gasteiger partial charge in [-0.1, -0.05) is 12.8 Å². The zero-order chi connectivity index (χ0) is 12.7. The molecule has 2 rings (SSSR count). The van der Waals surface area contributed by atoms with Gasteiger partial charge in [0, 0.05) is 26.4 Å².